The molecule has 0 bridgehead atoms. The van der Waals surface area contributed by atoms with E-state index in [9.17, 15) is 4.79 Å². The van der Waals surface area contributed by atoms with Gasteiger partial charge in [0.25, 0.3) is 5.91 Å². The van der Waals surface area contributed by atoms with Gasteiger partial charge in [0, 0.05) is 25.9 Å². The zero-order valence-corrected chi connectivity index (χ0v) is 17.3. The van der Waals surface area contributed by atoms with Crippen LogP contribution >= 0.6 is 0 Å². The molecule has 8 nitrogen and oxygen atoms in total. The molecule has 1 aliphatic heterocycles. The summed E-state index contributed by atoms with van der Waals surface area (Å²) in [5.74, 6) is 3.29. The van der Waals surface area contributed by atoms with Crippen molar-refractivity contribution < 1.29 is 13.9 Å². The van der Waals surface area contributed by atoms with Crippen molar-refractivity contribution in [3.63, 3.8) is 0 Å². The van der Waals surface area contributed by atoms with E-state index in [-0.39, 0.29) is 18.3 Å². The van der Waals surface area contributed by atoms with Crippen LogP contribution in [0.4, 0.5) is 0 Å². The number of aryl methyl sites for hydroxylation is 2. The van der Waals surface area contributed by atoms with Crippen molar-refractivity contribution in [1.29, 1.82) is 5.26 Å². The van der Waals surface area contributed by atoms with Gasteiger partial charge in [0.05, 0.1) is 11.6 Å². The van der Waals surface area contributed by atoms with Crippen molar-refractivity contribution in [3.8, 4) is 11.8 Å². The average molecular weight is 419 g/mol. The van der Waals surface area contributed by atoms with E-state index in [4.69, 9.17) is 14.4 Å². The number of ether oxygens (including phenoxy) is 1. The minimum atomic E-state index is -0.246. The lowest BCUT2D eigenvalue weighted by molar-refractivity contribution is 0.0921. The van der Waals surface area contributed by atoms with Crippen LogP contribution in [-0.4, -0.2) is 27.2 Å². The Hall–Kier alpha value is -3.60. The molecular formula is C23H25N5O3. The van der Waals surface area contributed by atoms with Gasteiger partial charge in [-0.25, -0.2) is 0 Å². The number of benzene rings is 1. The van der Waals surface area contributed by atoms with Crippen LogP contribution in [0, 0.1) is 11.3 Å². The Morgan fingerprint density at radius 2 is 2.03 bits per heavy atom. The minimum Gasteiger partial charge on any atom is -0.486 e. The van der Waals surface area contributed by atoms with Crippen LogP contribution in [0.25, 0.3) is 0 Å². The Morgan fingerprint density at radius 1 is 1.16 bits per heavy atom. The summed E-state index contributed by atoms with van der Waals surface area (Å²) in [7, 11) is 0. The zero-order valence-electron chi connectivity index (χ0n) is 17.3. The highest BCUT2D eigenvalue weighted by Gasteiger charge is 2.15. The topological polar surface area (TPSA) is 106 Å². The van der Waals surface area contributed by atoms with Crippen LogP contribution in [0.2, 0.25) is 0 Å². The summed E-state index contributed by atoms with van der Waals surface area (Å²) in [6, 6.07) is 12.3. The van der Waals surface area contributed by atoms with Gasteiger partial charge < -0.3 is 19.0 Å². The number of amides is 1. The number of nitriles is 1. The first-order valence-corrected chi connectivity index (χ1v) is 10.6. The van der Waals surface area contributed by atoms with E-state index in [2.05, 4.69) is 26.2 Å². The number of nitrogens with zero attached hydrogens (tertiary/aromatic N) is 4. The fourth-order valence-electron chi connectivity index (χ4n) is 3.62. The molecule has 4 rings (SSSR count). The molecule has 0 radical (unpaired) electrons. The van der Waals surface area contributed by atoms with Crippen molar-refractivity contribution in [2.24, 2.45) is 0 Å². The number of furan rings is 1. The predicted molar refractivity (Wildman–Crippen MR) is 112 cm³/mol. The molecule has 160 valence electrons. The number of hydrogen-bond acceptors (Lipinski definition) is 6. The number of aromatic nitrogens is 3. The van der Waals surface area contributed by atoms with E-state index in [0.717, 1.165) is 37.5 Å². The highest BCUT2D eigenvalue weighted by atomic mass is 16.5. The summed E-state index contributed by atoms with van der Waals surface area (Å²) in [4.78, 5) is 12.3. The van der Waals surface area contributed by atoms with E-state index in [1.807, 2.05) is 0 Å². The number of fused-ring (bicyclic) bond motifs is 1. The van der Waals surface area contributed by atoms with Crippen LogP contribution in [0.1, 0.15) is 59.2 Å². The summed E-state index contributed by atoms with van der Waals surface area (Å²) in [5, 5.41) is 20.4. The lowest BCUT2D eigenvalue weighted by atomic mass is 10.2. The summed E-state index contributed by atoms with van der Waals surface area (Å²) in [6.45, 7) is 1.74. The number of carbonyl (C=O) groups excluding carboxylic acids is 1. The van der Waals surface area contributed by atoms with Crippen LogP contribution in [-0.2, 0) is 26.0 Å². The summed E-state index contributed by atoms with van der Waals surface area (Å²) in [6.07, 6.45) is 6.17. The van der Waals surface area contributed by atoms with Crippen LogP contribution in [0.3, 0.4) is 0 Å². The van der Waals surface area contributed by atoms with E-state index in [1.54, 1.807) is 36.4 Å². The second kappa shape index (κ2) is 9.94. The molecule has 0 atom stereocenters. The van der Waals surface area contributed by atoms with Crippen molar-refractivity contribution >= 4 is 5.91 Å². The maximum absolute atomic E-state index is 12.3. The van der Waals surface area contributed by atoms with Gasteiger partial charge >= 0.3 is 0 Å². The molecule has 8 heteroatoms. The van der Waals surface area contributed by atoms with Gasteiger partial charge in [-0.3, -0.25) is 4.79 Å². The highest BCUT2D eigenvalue weighted by Crippen LogP contribution is 2.16. The van der Waals surface area contributed by atoms with Crippen molar-refractivity contribution in [3.05, 3.63) is 65.1 Å². The first-order valence-electron chi connectivity index (χ1n) is 10.6. The molecule has 1 aliphatic rings. The number of carbonyl (C=O) groups is 1. The molecule has 0 aliphatic carbocycles. The van der Waals surface area contributed by atoms with E-state index >= 15 is 0 Å². The van der Waals surface area contributed by atoms with Gasteiger partial charge in [0.15, 0.2) is 5.76 Å². The number of rotatable bonds is 8. The Kier molecular flexibility index (Phi) is 6.62. The summed E-state index contributed by atoms with van der Waals surface area (Å²) >= 11 is 0. The van der Waals surface area contributed by atoms with Gasteiger partial charge in [-0.05, 0) is 55.7 Å². The van der Waals surface area contributed by atoms with Gasteiger partial charge in [-0.2, -0.15) is 5.26 Å². The third-order valence-electron chi connectivity index (χ3n) is 5.30. The van der Waals surface area contributed by atoms with Crippen LogP contribution in [0.5, 0.6) is 5.75 Å². The van der Waals surface area contributed by atoms with Gasteiger partial charge in [-0.15, -0.1) is 10.2 Å². The van der Waals surface area contributed by atoms with Crippen LogP contribution < -0.4 is 10.1 Å². The normalized spacial score (nSPS) is 13.1. The van der Waals surface area contributed by atoms with Gasteiger partial charge in [0.2, 0.25) is 0 Å². The third kappa shape index (κ3) is 5.31. The molecular weight excluding hydrogens is 394 g/mol. The monoisotopic (exact) mass is 419 g/mol. The molecule has 0 saturated heterocycles. The average Bonchev–Trinajstić information content (AvgIpc) is 3.36. The maximum atomic E-state index is 12.3. The fourth-order valence-corrected chi connectivity index (χ4v) is 3.62. The minimum absolute atomic E-state index is 0.206. The number of hydrogen-bond donors (Lipinski definition) is 1. The predicted octanol–water partition coefficient (Wildman–Crippen LogP) is 3.41. The standard InChI is InChI=1S/C23H25N5O3/c24-15-17-7-9-18(10-8-17)30-16-19-11-12-20(31-19)23(29)25-13-4-6-22-27-26-21-5-2-1-3-14-28(21)22/h7-12H,1-6,13-14,16H2,(H,25,29). The van der Waals surface area contributed by atoms with Gasteiger partial charge in [0.1, 0.15) is 29.8 Å². The molecule has 1 amide bonds. The van der Waals surface area contributed by atoms with Crippen molar-refractivity contribution in [2.45, 2.75) is 51.7 Å². The molecule has 3 aromatic rings. The Morgan fingerprint density at radius 3 is 2.87 bits per heavy atom. The van der Waals surface area contributed by atoms with E-state index in [0.29, 0.717) is 23.6 Å². The molecule has 1 N–H and O–H groups in total. The first-order chi connectivity index (χ1) is 15.2. The largest absolute Gasteiger partial charge is 0.486 e. The second-order valence-corrected chi connectivity index (χ2v) is 7.55. The van der Waals surface area contributed by atoms with Crippen molar-refractivity contribution in [2.75, 3.05) is 6.54 Å². The maximum Gasteiger partial charge on any atom is 0.286 e. The Balaban J connectivity index is 1.21. The fraction of sp³-hybridized carbons (Fsp3) is 0.391. The van der Waals surface area contributed by atoms with Crippen LogP contribution in [0.15, 0.2) is 40.8 Å². The third-order valence-corrected chi connectivity index (χ3v) is 5.30. The first kappa shape index (κ1) is 20.7. The second-order valence-electron chi connectivity index (χ2n) is 7.55. The lowest BCUT2D eigenvalue weighted by Crippen LogP contribution is -2.24. The molecule has 0 spiro atoms. The van der Waals surface area contributed by atoms with E-state index in [1.165, 1.54) is 19.3 Å². The highest BCUT2D eigenvalue weighted by molar-refractivity contribution is 5.91. The smallest absolute Gasteiger partial charge is 0.286 e. The van der Waals surface area contributed by atoms with E-state index < -0.39 is 0 Å². The molecule has 0 saturated carbocycles. The van der Waals surface area contributed by atoms with Crippen molar-refractivity contribution in [1.82, 2.24) is 20.1 Å². The summed E-state index contributed by atoms with van der Waals surface area (Å²) < 4.78 is 13.5. The molecule has 31 heavy (non-hydrogen) atoms. The quantitative estimate of drug-likeness (QED) is 0.561. The molecule has 3 heterocycles. The summed E-state index contributed by atoms with van der Waals surface area (Å²) in [5.41, 5.74) is 0.573. The SMILES string of the molecule is N#Cc1ccc(OCc2ccc(C(=O)NCCCc3nnc4n3CCCCC4)o2)cc1. The molecule has 1 aromatic carbocycles. The molecule has 0 fully saturated rings. The zero-order chi connectivity index (χ0) is 21.5. The molecule has 2 aromatic heterocycles. The number of nitrogens with one attached hydrogen (secondary N) is 1. The lowest BCUT2D eigenvalue weighted by Gasteiger charge is -2.07. The molecule has 0 unspecified atom stereocenters. The van der Waals surface area contributed by atoms with Gasteiger partial charge in [-0.1, -0.05) is 6.42 Å². The Bertz CT molecular complexity index is 1060. The Labute approximate surface area is 180 Å².